The highest BCUT2D eigenvalue weighted by Gasteiger charge is 2.42. The van der Waals surface area contributed by atoms with E-state index in [0.29, 0.717) is 18.5 Å². The number of nitrogens with zero attached hydrogens (tertiary/aromatic N) is 3. The first kappa shape index (κ1) is 22.8. The topological polar surface area (TPSA) is 85.8 Å². The van der Waals surface area contributed by atoms with Gasteiger partial charge in [0, 0.05) is 44.8 Å². The Morgan fingerprint density at radius 2 is 2.07 bits per heavy atom. The molecule has 0 bridgehead atoms. The van der Waals surface area contributed by atoms with Gasteiger partial charge in [-0.1, -0.05) is 6.07 Å². The summed E-state index contributed by atoms with van der Waals surface area (Å²) in [6.07, 6.45) is 1.34. The second-order valence-electron chi connectivity index (χ2n) is 7.16. The molecule has 1 aliphatic heterocycles. The second-order valence-corrected chi connectivity index (χ2v) is 8.22. The van der Waals surface area contributed by atoms with Gasteiger partial charge >= 0.3 is 0 Å². The summed E-state index contributed by atoms with van der Waals surface area (Å²) in [7, 11) is 3.53. The van der Waals surface area contributed by atoms with Gasteiger partial charge < -0.3 is 15.3 Å². The number of amides is 1. The van der Waals surface area contributed by atoms with Gasteiger partial charge in [-0.3, -0.25) is 14.5 Å². The van der Waals surface area contributed by atoms with E-state index in [1.165, 1.54) is 12.1 Å². The van der Waals surface area contributed by atoms with E-state index in [9.17, 15) is 9.18 Å². The van der Waals surface area contributed by atoms with E-state index in [-0.39, 0.29) is 18.2 Å². The second kappa shape index (κ2) is 10.3. The number of rotatable bonds is 5. The Balaban J connectivity index is 0.000000941. The van der Waals surface area contributed by atoms with Gasteiger partial charge in [0.15, 0.2) is 0 Å². The van der Waals surface area contributed by atoms with Crippen LogP contribution in [-0.4, -0.2) is 65.0 Å². The molecule has 1 aromatic heterocycles. The number of piperidine rings is 1. The molecule has 1 saturated heterocycles. The van der Waals surface area contributed by atoms with Crippen molar-refractivity contribution in [3.8, 4) is 0 Å². The van der Waals surface area contributed by atoms with Crippen LogP contribution in [0, 0.1) is 12.7 Å². The third-order valence-corrected chi connectivity index (χ3v) is 5.61. The van der Waals surface area contributed by atoms with Crippen molar-refractivity contribution in [3.05, 3.63) is 46.2 Å². The molecule has 2 N–H and O–H groups in total. The molecule has 0 saturated carbocycles. The third kappa shape index (κ3) is 6.23. The molecular weight excluding hydrogens is 395 g/mol. The Kier molecular flexibility index (Phi) is 8.10. The fraction of sp³-hybridized carbons (Fsp3) is 0.450. The SMILES string of the molecule is Cc1nc(CN2CCC(Nc3cccc(F)c3)(C(=O)N(C)C)CC2)cs1.O=CO. The zero-order valence-corrected chi connectivity index (χ0v) is 17.7. The molecule has 1 aromatic carbocycles. The van der Waals surface area contributed by atoms with E-state index in [1.807, 2.05) is 6.92 Å². The van der Waals surface area contributed by atoms with Crippen molar-refractivity contribution in [1.29, 1.82) is 0 Å². The summed E-state index contributed by atoms with van der Waals surface area (Å²) < 4.78 is 13.6. The minimum Gasteiger partial charge on any atom is -0.483 e. The quantitative estimate of drug-likeness (QED) is 0.721. The average molecular weight is 423 g/mol. The van der Waals surface area contributed by atoms with Gasteiger partial charge in [0.25, 0.3) is 6.47 Å². The van der Waals surface area contributed by atoms with E-state index < -0.39 is 5.54 Å². The molecule has 7 nitrogen and oxygen atoms in total. The van der Waals surface area contributed by atoms with Crippen LogP contribution >= 0.6 is 11.3 Å². The lowest BCUT2D eigenvalue weighted by Crippen LogP contribution is -2.57. The summed E-state index contributed by atoms with van der Waals surface area (Å²) in [6, 6.07) is 6.31. The average Bonchev–Trinajstić information content (AvgIpc) is 3.08. The van der Waals surface area contributed by atoms with Gasteiger partial charge in [0.2, 0.25) is 5.91 Å². The van der Waals surface area contributed by atoms with Crippen LogP contribution in [0.5, 0.6) is 0 Å². The van der Waals surface area contributed by atoms with Gasteiger partial charge in [-0.15, -0.1) is 11.3 Å². The van der Waals surface area contributed by atoms with Gasteiger partial charge in [0.05, 0.1) is 10.7 Å². The minimum absolute atomic E-state index is 0.0333. The first-order valence-electron chi connectivity index (χ1n) is 9.26. The molecule has 1 amide bonds. The van der Waals surface area contributed by atoms with E-state index in [4.69, 9.17) is 9.90 Å². The number of carbonyl (C=O) groups is 2. The standard InChI is InChI=1S/C19H25FN4OS.CH2O2/c1-14-21-17(13-26-14)12-24-9-7-19(8-10-24,18(25)23(2)3)22-16-6-4-5-15(20)11-16;2-1-3/h4-6,11,13,22H,7-10,12H2,1-3H3;1H,(H,2,3). The number of carbonyl (C=O) groups excluding carboxylic acids is 1. The molecular formula is C20H27FN4O3S. The summed E-state index contributed by atoms with van der Waals surface area (Å²) >= 11 is 1.66. The fourth-order valence-corrected chi connectivity index (χ4v) is 4.07. The highest BCUT2D eigenvalue weighted by molar-refractivity contribution is 7.09. The molecule has 29 heavy (non-hydrogen) atoms. The summed E-state index contributed by atoms with van der Waals surface area (Å²) in [5, 5.41) is 13.4. The third-order valence-electron chi connectivity index (χ3n) is 4.79. The zero-order valence-electron chi connectivity index (χ0n) is 16.9. The normalized spacial score (nSPS) is 15.7. The van der Waals surface area contributed by atoms with Crippen LogP contribution in [0.4, 0.5) is 10.1 Å². The lowest BCUT2D eigenvalue weighted by molar-refractivity contribution is -0.135. The number of hydrogen-bond acceptors (Lipinski definition) is 6. The maximum atomic E-state index is 13.6. The van der Waals surface area contributed by atoms with Gasteiger partial charge in [-0.2, -0.15) is 0 Å². The number of hydrogen-bond donors (Lipinski definition) is 2. The predicted octanol–water partition coefficient (Wildman–Crippen LogP) is 2.83. The first-order valence-corrected chi connectivity index (χ1v) is 10.1. The van der Waals surface area contributed by atoms with Crippen molar-refractivity contribution in [2.24, 2.45) is 0 Å². The molecule has 0 atom stereocenters. The number of benzene rings is 1. The largest absolute Gasteiger partial charge is 0.483 e. The fourth-order valence-electron chi connectivity index (χ4n) is 3.47. The molecule has 2 heterocycles. The van der Waals surface area contributed by atoms with Crippen molar-refractivity contribution < 1.29 is 19.1 Å². The Labute approximate surface area is 174 Å². The lowest BCUT2D eigenvalue weighted by atomic mass is 9.85. The number of nitrogens with one attached hydrogen (secondary N) is 1. The molecule has 158 valence electrons. The van der Waals surface area contributed by atoms with Crippen molar-refractivity contribution in [1.82, 2.24) is 14.8 Å². The van der Waals surface area contributed by atoms with Crippen LogP contribution in [0.15, 0.2) is 29.6 Å². The lowest BCUT2D eigenvalue weighted by Gasteiger charge is -2.42. The van der Waals surface area contributed by atoms with Crippen LogP contribution < -0.4 is 5.32 Å². The highest BCUT2D eigenvalue weighted by atomic mass is 32.1. The highest BCUT2D eigenvalue weighted by Crippen LogP contribution is 2.30. The minimum atomic E-state index is -0.703. The number of likely N-dealkylation sites (tertiary alicyclic amines) is 1. The van der Waals surface area contributed by atoms with Gasteiger partial charge in [-0.25, -0.2) is 9.37 Å². The summed E-state index contributed by atoms with van der Waals surface area (Å²) in [5.41, 5.74) is 1.02. The number of anilines is 1. The molecule has 9 heteroatoms. The van der Waals surface area contributed by atoms with Crippen LogP contribution in [0.3, 0.4) is 0 Å². The van der Waals surface area contributed by atoms with Crippen molar-refractivity contribution in [2.45, 2.75) is 31.8 Å². The number of thiazole rings is 1. The molecule has 0 unspecified atom stereocenters. The van der Waals surface area contributed by atoms with Crippen molar-refractivity contribution >= 4 is 29.4 Å². The molecule has 0 aliphatic carbocycles. The Morgan fingerprint density at radius 1 is 1.41 bits per heavy atom. The number of halogens is 1. The van der Waals surface area contributed by atoms with E-state index in [1.54, 1.807) is 42.5 Å². The predicted molar refractivity (Wildman–Crippen MR) is 112 cm³/mol. The van der Waals surface area contributed by atoms with Crippen LogP contribution in [0.1, 0.15) is 23.5 Å². The smallest absolute Gasteiger partial charge is 0.290 e. The first-order chi connectivity index (χ1) is 13.8. The van der Waals surface area contributed by atoms with Crippen molar-refractivity contribution in [2.75, 3.05) is 32.5 Å². The number of aryl methyl sites for hydroxylation is 1. The molecule has 3 rings (SSSR count). The van der Waals surface area contributed by atoms with E-state index >= 15 is 0 Å². The van der Waals surface area contributed by atoms with E-state index in [2.05, 4.69) is 20.6 Å². The Morgan fingerprint density at radius 3 is 2.59 bits per heavy atom. The molecule has 0 spiro atoms. The Hall–Kier alpha value is -2.52. The number of aromatic nitrogens is 1. The monoisotopic (exact) mass is 422 g/mol. The molecule has 1 fully saturated rings. The molecule has 2 aromatic rings. The summed E-state index contributed by atoms with van der Waals surface area (Å²) in [5.74, 6) is -0.273. The van der Waals surface area contributed by atoms with Crippen LogP contribution in [0.25, 0.3) is 0 Å². The Bertz CT molecular complexity index is 820. The maximum Gasteiger partial charge on any atom is 0.290 e. The number of likely N-dealkylation sites (N-methyl/N-ethyl adjacent to an activating group) is 1. The number of carboxylic acid groups (broad SMARTS) is 1. The molecule has 1 aliphatic rings. The zero-order chi connectivity index (χ0) is 21.4. The summed E-state index contributed by atoms with van der Waals surface area (Å²) in [4.78, 5) is 29.7. The molecule has 0 radical (unpaired) electrons. The van der Waals surface area contributed by atoms with Gasteiger partial charge in [0.1, 0.15) is 11.4 Å². The van der Waals surface area contributed by atoms with Crippen molar-refractivity contribution in [3.63, 3.8) is 0 Å². The van der Waals surface area contributed by atoms with Crippen LogP contribution in [-0.2, 0) is 16.1 Å². The van der Waals surface area contributed by atoms with Crippen LogP contribution in [0.2, 0.25) is 0 Å². The maximum absolute atomic E-state index is 13.6. The summed E-state index contributed by atoms with van der Waals surface area (Å²) in [6.45, 7) is 4.14. The van der Waals surface area contributed by atoms with E-state index in [0.717, 1.165) is 30.3 Å². The van der Waals surface area contributed by atoms with Gasteiger partial charge in [-0.05, 0) is 38.0 Å².